The highest BCUT2D eigenvalue weighted by atomic mass is 32.1. The van der Waals surface area contributed by atoms with Gasteiger partial charge in [-0.3, -0.25) is 4.79 Å². The summed E-state index contributed by atoms with van der Waals surface area (Å²) in [5.41, 5.74) is 0.979. The van der Waals surface area contributed by atoms with Crippen molar-refractivity contribution in [2.45, 2.75) is 18.8 Å². The maximum absolute atomic E-state index is 11.8. The predicted molar refractivity (Wildman–Crippen MR) is 70.1 cm³/mol. The summed E-state index contributed by atoms with van der Waals surface area (Å²) in [5.74, 6) is 0.0357. The van der Waals surface area contributed by atoms with Gasteiger partial charge in [0.15, 0.2) is 6.23 Å². The summed E-state index contributed by atoms with van der Waals surface area (Å²) < 4.78 is 5.97. The normalized spacial score (nSPS) is 23.7. The summed E-state index contributed by atoms with van der Waals surface area (Å²) in [5, 5.41) is 4.87. The monoisotopic (exact) mass is 259 g/mol. The van der Waals surface area contributed by atoms with Gasteiger partial charge in [0.05, 0.1) is 6.42 Å². The average Bonchev–Trinajstić information content (AvgIpc) is 2.93. The summed E-state index contributed by atoms with van der Waals surface area (Å²) >= 11 is 1.62. The van der Waals surface area contributed by atoms with E-state index >= 15 is 0 Å². The first-order valence-electron chi connectivity index (χ1n) is 5.86. The van der Waals surface area contributed by atoms with Gasteiger partial charge in [0.1, 0.15) is 6.10 Å². The van der Waals surface area contributed by atoms with Crippen molar-refractivity contribution in [2.75, 3.05) is 0 Å². The van der Waals surface area contributed by atoms with Crippen molar-refractivity contribution in [1.82, 2.24) is 5.32 Å². The Balaban J connectivity index is 1.83. The van der Waals surface area contributed by atoms with Crippen molar-refractivity contribution in [3.05, 3.63) is 58.3 Å². The maximum Gasteiger partial charge on any atom is 0.225 e. The van der Waals surface area contributed by atoms with Crippen LogP contribution in [0.25, 0.3) is 0 Å². The van der Waals surface area contributed by atoms with Gasteiger partial charge >= 0.3 is 0 Å². The number of amides is 1. The number of benzene rings is 1. The Bertz CT molecular complexity index is 524. The van der Waals surface area contributed by atoms with E-state index in [0.29, 0.717) is 6.42 Å². The van der Waals surface area contributed by atoms with Crippen molar-refractivity contribution < 1.29 is 9.53 Å². The lowest BCUT2D eigenvalue weighted by molar-refractivity contribution is -0.142. The van der Waals surface area contributed by atoms with Crippen LogP contribution < -0.4 is 5.32 Å². The molecule has 2 atom stereocenters. The molecule has 2 heterocycles. The van der Waals surface area contributed by atoms with Crippen molar-refractivity contribution in [3.63, 3.8) is 0 Å². The number of carbonyl (C=O) groups is 1. The van der Waals surface area contributed by atoms with Crippen LogP contribution in [0.15, 0.2) is 47.8 Å². The molecular formula is C14H13NO2S. The number of thiophene rings is 1. The number of rotatable bonds is 2. The lowest BCUT2D eigenvalue weighted by Gasteiger charge is -2.30. The van der Waals surface area contributed by atoms with Gasteiger partial charge in [-0.15, -0.1) is 11.3 Å². The molecule has 2 aromatic rings. The van der Waals surface area contributed by atoms with E-state index in [1.54, 1.807) is 11.3 Å². The Morgan fingerprint density at radius 1 is 1.17 bits per heavy atom. The van der Waals surface area contributed by atoms with Crippen LogP contribution in [0.5, 0.6) is 0 Å². The molecule has 1 aromatic carbocycles. The summed E-state index contributed by atoms with van der Waals surface area (Å²) in [4.78, 5) is 12.9. The van der Waals surface area contributed by atoms with E-state index < -0.39 is 0 Å². The molecule has 1 aliphatic heterocycles. The first kappa shape index (κ1) is 11.4. The molecule has 4 heteroatoms. The third-order valence-electron chi connectivity index (χ3n) is 2.93. The van der Waals surface area contributed by atoms with Crippen LogP contribution in [0.4, 0.5) is 0 Å². The first-order chi connectivity index (χ1) is 8.83. The van der Waals surface area contributed by atoms with Crippen LogP contribution in [0, 0.1) is 0 Å². The largest absolute Gasteiger partial charge is 0.345 e. The van der Waals surface area contributed by atoms with E-state index in [1.165, 1.54) is 0 Å². The Morgan fingerprint density at radius 3 is 2.72 bits per heavy atom. The van der Waals surface area contributed by atoms with Crippen molar-refractivity contribution >= 4 is 17.2 Å². The molecule has 3 nitrogen and oxygen atoms in total. The van der Waals surface area contributed by atoms with Crippen LogP contribution >= 0.6 is 11.3 Å². The summed E-state index contributed by atoms with van der Waals surface area (Å²) in [6, 6.07) is 13.7. The fraction of sp³-hybridized carbons (Fsp3) is 0.214. The van der Waals surface area contributed by atoms with E-state index in [9.17, 15) is 4.79 Å². The number of carbonyl (C=O) groups excluding carboxylic acids is 1. The second kappa shape index (κ2) is 4.92. The molecular weight excluding hydrogens is 246 g/mol. The third kappa shape index (κ3) is 2.30. The minimum Gasteiger partial charge on any atom is -0.345 e. The Labute approximate surface area is 109 Å². The molecule has 1 fully saturated rings. The van der Waals surface area contributed by atoms with Crippen LogP contribution in [-0.4, -0.2) is 5.91 Å². The van der Waals surface area contributed by atoms with Crippen LogP contribution in [-0.2, 0) is 9.53 Å². The van der Waals surface area contributed by atoms with Gasteiger partial charge < -0.3 is 10.1 Å². The summed E-state index contributed by atoms with van der Waals surface area (Å²) in [7, 11) is 0. The van der Waals surface area contributed by atoms with E-state index in [1.807, 2.05) is 47.8 Å². The van der Waals surface area contributed by atoms with Gasteiger partial charge in [0.2, 0.25) is 5.91 Å². The topological polar surface area (TPSA) is 38.3 Å². The minimum atomic E-state index is -0.348. The molecule has 18 heavy (non-hydrogen) atoms. The molecule has 1 aromatic heterocycles. The number of hydrogen-bond donors (Lipinski definition) is 1. The van der Waals surface area contributed by atoms with Crippen molar-refractivity contribution in [2.24, 2.45) is 0 Å². The fourth-order valence-corrected chi connectivity index (χ4v) is 2.81. The fourth-order valence-electron chi connectivity index (χ4n) is 2.05. The highest BCUT2D eigenvalue weighted by Gasteiger charge is 2.29. The van der Waals surface area contributed by atoms with E-state index in [4.69, 9.17) is 4.74 Å². The van der Waals surface area contributed by atoms with Gasteiger partial charge in [-0.25, -0.2) is 0 Å². The highest BCUT2D eigenvalue weighted by Crippen LogP contribution is 2.33. The van der Waals surface area contributed by atoms with Crippen LogP contribution in [0.2, 0.25) is 0 Å². The van der Waals surface area contributed by atoms with E-state index in [-0.39, 0.29) is 18.2 Å². The lowest BCUT2D eigenvalue weighted by Crippen LogP contribution is -2.37. The molecule has 0 saturated carbocycles. The lowest BCUT2D eigenvalue weighted by atomic mass is 10.1. The van der Waals surface area contributed by atoms with Gasteiger partial charge in [-0.05, 0) is 11.4 Å². The molecule has 1 amide bonds. The van der Waals surface area contributed by atoms with E-state index in [2.05, 4.69) is 5.32 Å². The maximum atomic E-state index is 11.8. The zero-order valence-electron chi connectivity index (χ0n) is 9.71. The van der Waals surface area contributed by atoms with Crippen LogP contribution in [0.1, 0.15) is 29.2 Å². The standard InChI is InChI=1S/C14H13NO2S/c16-13-9-11(12-7-4-8-18-12)17-14(15-13)10-5-2-1-3-6-10/h1-8,11,14H,9H2,(H,15,16)/t11-,14+/m0/s1. The van der Waals surface area contributed by atoms with E-state index in [0.717, 1.165) is 10.4 Å². The SMILES string of the molecule is O=C1C[C@@H](c2cccs2)O[C@H](c2ccccc2)N1. The molecule has 1 saturated heterocycles. The first-order valence-corrected chi connectivity index (χ1v) is 6.74. The Hall–Kier alpha value is -1.65. The number of hydrogen-bond acceptors (Lipinski definition) is 3. The van der Waals surface area contributed by atoms with Crippen LogP contribution in [0.3, 0.4) is 0 Å². The number of ether oxygens (including phenoxy) is 1. The molecule has 0 unspecified atom stereocenters. The van der Waals surface area contributed by atoms with Crippen molar-refractivity contribution in [1.29, 1.82) is 0 Å². The molecule has 0 radical (unpaired) electrons. The molecule has 92 valence electrons. The Kier molecular flexibility index (Phi) is 3.13. The number of nitrogens with one attached hydrogen (secondary N) is 1. The highest BCUT2D eigenvalue weighted by molar-refractivity contribution is 7.10. The smallest absolute Gasteiger partial charge is 0.225 e. The van der Waals surface area contributed by atoms with Gasteiger partial charge in [0, 0.05) is 10.4 Å². The predicted octanol–water partition coefficient (Wildman–Crippen LogP) is 3.02. The molecule has 3 rings (SSSR count). The second-order valence-electron chi connectivity index (χ2n) is 4.20. The molecule has 0 bridgehead atoms. The molecule has 0 aliphatic carbocycles. The summed E-state index contributed by atoms with van der Waals surface area (Å²) in [6.45, 7) is 0. The van der Waals surface area contributed by atoms with Gasteiger partial charge in [-0.1, -0.05) is 36.4 Å². The minimum absolute atomic E-state index is 0.0357. The average molecular weight is 259 g/mol. The molecule has 1 aliphatic rings. The molecule has 1 N–H and O–H groups in total. The van der Waals surface area contributed by atoms with Gasteiger partial charge in [0.25, 0.3) is 0 Å². The zero-order valence-corrected chi connectivity index (χ0v) is 10.5. The third-order valence-corrected chi connectivity index (χ3v) is 3.89. The summed E-state index contributed by atoms with van der Waals surface area (Å²) in [6.07, 6.45) is -0.0902. The zero-order chi connectivity index (χ0) is 12.4. The molecule has 0 spiro atoms. The van der Waals surface area contributed by atoms with Gasteiger partial charge in [-0.2, -0.15) is 0 Å². The second-order valence-corrected chi connectivity index (χ2v) is 5.18. The van der Waals surface area contributed by atoms with Crippen molar-refractivity contribution in [3.8, 4) is 0 Å². The Morgan fingerprint density at radius 2 is 2.00 bits per heavy atom. The quantitative estimate of drug-likeness (QED) is 0.900.